The van der Waals surface area contributed by atoms with Crippen molar-refractivity contribution < 1.29 is 14.0 Å². The predicted molar refractivity (Wildman–Crippen MR) is 102 cm³/mol. The van der Waals surface area contributed by atoms with Crippen molar-refractivity contribution in [1.82, 2.24) is 9.88 Å². The van der Waals surface area contributed by atoms with Gasteiger partial charge in [-0.05, 0) is 37.8 Å². The molecule has 2 saturated heterocycles. The Balaban J connectivity index is 1.38. The summed E-state index contributed by atoms with van der Waals surface area (Å²) >= 11 is 6.00. The second-order valence-electron chi connectivity index (χ2n) is 7.40. The number of primary amides is 1. The number of fused-ring (bicyclic) bond motifs is 1. The highest BCUT2D eigenvalue weighted by Gasteiger charge is 2.33. The Morgan fingerprint density at radius 3 is 2.67 bits per heavy atom. The van der Waals surface area contributed by atoms with Gasteiger partial charge in [0.1, 0.15) is 5.52 Å². The van der Waals surface area contributed by atoms with Crippen LogP contribution in [0.1, 0.15) is 25.7 Å². The maximum Gasteiger partial charge on any atom is 0.298 e. The van der Waals surface area contributed by atoms with Crippen LogP contribution in [0, 0.1) is 11.8 Å². The Labute approximate surface area is 162 Å². The van der Waals surface area contributed by atoms with Crippen molar-refractivity contribution in [3.63, 3.8) is 0 Å². The molecule has 2 fully saturated rings. The number of piperidine rings is 2. The highest BCUT2D eigenvalue weighted by Crippen LogP contribution is 2.29. The fourth-order valence-corrected chi connectivity index (χ4v) is 4.17. The summed E-state index contributed by atoms with van der Waals surface area (Å²) in [6.45, 7) is 2.60. The van der Waals surface area contributed by atoms with Crippen molar-refractivity contribution in [3.8, 4) is 0 Å². The standard InChI is InChI=1S/C19H23ClN4O3/c20-14-3-4-15-16(10-14)27-19(22-15)23-8-5-12(6-9-23)18(26)24-7-1-2-13(11-24)17(21)25/h3-4,10,12-13H,1-2,5-9,11H2,(H2,21,25). The van der Waals surface area contributed by atoms with Gasteiger partial charge in [0.15, 0.2) is 5.58 Å². The van der Waals surface area contributed by atoms with Gasteiger partial charge in [-0.15, -0.1) is 0 Å². The van der Waals surface area contributed by atoms with Gasteiger partial charge in [0, 0.05) is 43.2 Å². The molecule has 2 aliphatic rings. The van der Waals surface area contributed by atoms with Gasteiger partial charge in [-0.1, -0.05) is 11.6 Å². The number of benzene rings is 1. The van der Waals surface area contributed by atoms with Crippen LogP contribution in [-0.4, -0.2) is 47.9 Å². The molecule has 4 rings (SSSR count). The monoisotopic (exact) mass is 390 g/mol. The van der Waals surface area contributed by atoms with E-state index < -0.39 is 0 Å². The number of amides is 2. The zero-order chi connectivity index (χ0) is 19.0. The van der Waals surface area contributed by atoms with Crippen LogP contribution in [0.15, 0.2) is 22.6 Å². The molecule has 1 aromatic carbocycles. The maximum absolute atomic E-state index is 12.8. The molecule has 0 radical (unpaired) electrons. The number of likely N-dealkylation sites (tertiary alicyclic amines) is 1. The second kappa shape index (κ2) is 7.38. The van der Waals surface area contributed by atoms with Crippen molar-refractivity contribution in [2.24, 2.45) is 17.6 Å². The molecule has 8 heteroatoms. The fraction of sp³-hybridized carbons (Fsp3) is 0.526. The van der Waals surface area contributed by atoms with E-state index in [9.17, 15) is 9.59 Å². The van der Waals surface area contributed by atoms with Crippen LogP contribution in [0.25, 0.3) is 11.1 Å². The number of oxazole rings is 1. The third-order valence-corrected chi connectivity index (χ3v) is 5.82. The number of rotatable bonds is 3. The molecule has 2 aromatic rings. The van der Waals surface area contributed by atoms with Crippen molar-refractivity contribution in [2.45, 2.75) is 25.7 Å². The van der Waals surface area contributed by atoms with E-state index in [1.54, 1.807) is 12.1 Å². The summed E-state index contributed by atoms with van der Waals surface area (Å²) in [5, 5.41) is 0.616. The molecule has 0 saturated carbocycles. The van der Waals surface area contributed by atoms with E-state index >= 15 is 0 Å². The van der Waals surface area contributed by atoms with Gasteiger partial charge in [0.25, 0.3) is 6.01 Å². The average molecular weight is 391 g/mol. The third-order valence-electron chi connectivity index (χ3n) is 5.59. The minimum Gasteiger partial charge on any atom is -0.423 e. The van der Waals surface area contributed by atoms with Gasteiger partial charge in [-0.25, -0.2) is 0 Å². The van der Waals surface area contributed by atoms with Crippen LogP contribution in [0.3, 0.4) is 0 Å². The van der Waals surface area contributed by atoms with Gasteiger partial charge in [0.2, 0.25) is 11.8 Å². The highest BCUT2D eigenvalue weighted by atomic mass is 35.5. The first kappa shape index (κ1) is 18.1. The molecule has 1 atom stereocenters. The first-order chi connectivity index (χ1) is 13.0. The van der Waals surface area contributed by atoms with Gasteiger partial charge in [-0.3, -0.25) is 9.59 Å². The average Bonchev–Trinajstić information content (AvgIpc) is 3.10. The van der Waals surface area contributed by atoms with Crippen molar-refractivity contribution in [3.05, 3.63) is 23.2 Å². The summed E-state index contributed by atoms with van der Waals surface area (Å²) in [6.07, 6.45) is 3.11. The molecule has 2 N–H and O–H groups in total. The van der Waals surface area contributed by atoms with Crippen LogP contribution >= 0.6 is 11.6 Å². The molecule has 0 aliphatic carbocycles. The molecular weight excluding hydrogens is 368 g/mol. The number of carbonyl (C=O) groups excluding carboxylic acids is 2. The van der Waals surface area contributed by atoms with Gasteiger partial charge < -0.3 is 20.0 Å². The minimum absolute atomic E-state index is 0.0216. The molecule has 144 valence electrons. The Hall–Kier alpha value is -2.28. The molecule has 3 heterocycles. The number of hydrogen-bond donors (Lipinski definition) is 1. The summed E-state index contributed by atoms with van der Waals surface area (Å²) in [5.41, 5.74) is 6.87. The molecule has 27 heavy (non-hydrogen) atoms. The number of anilines is 1. The van der Waals surface area contributed by atoms with Gasteiger partial charge in [-0.2, -0.15) is 4.98 Å². The SMILES string of the molecule is NC(=O)C1CCCN(C(=O)C2CCN(c3nc4ccc(Cl)cc4o3)CC2)C1. The fourth-order valence-electron chi connectivity index (χ4n) is 4.01. The number of aromatic nitrogens is 1. The van der Waals surface area contributed by atoms with Crippen LogP contribution < -0.4 is 10.6 Å². The van der Waals surface area contributed by atoms with Crippen LogP contribution in [-0.2, 0) is 9.59 Å². The molecule has 0 spiro atoms. The van der Waals surface area contributed by atoms with Crippen LogP contribution in [0.4, 0.5) is 6.01 Å². The zero-order valence-electron chi connectivity index (χ0n) is 15.1. The predicted octanol–water partition coefficient (Wildman–Crippen LogP) is 2.42. The molecule has 2 aliphatic heterocycles. The van der Waals surface area contributed by atoms with E-state index in [0.29, 0.717) is 42.8 Å². The van der Waals surface area contributed by atoms with E-state index in [-0.39, 0.29) is 23.7 Å². The highest BCUT2D eigenvalue weighted by molar-refractivity contribution is 6.31. The first-order valence-corrected chi connectivity index (χ1v) is 9.78. The Kier molecular flexibility index (Phi) is 4.95. The molecule has 0 bridgehead atoms. The lowest BCUT2D eigenvalue weighted by atomic mass is 9.92. The molecule has 7 nitrogen and oxygen atoms in total. The topological polar surface area (TPSA) is 92.7 Å². The lowest BCUT2D eigenvalue weighted by Gasteiger charge is -2.36. The normalized spacial score (nSPS) is 21.6. The van der Waals surface area contributed by atoms with E-state index in [4.69, 9.17) is 21.8 Å². The van der Waals surface area contributed by atoms with Crippen LogP contribution in [0.2, 0.25) is 5.02 Å². The van der Waals surface area contributed by atoms with Crippen LogP contribution in [0.5, 0.6) is 0 Å². The first-order valence-electron chi connectivity index (χ1n) is 9.40. The van der Waals surface area contributed by atoms with E-state index in [2.05, 4.69) is 9.88 Å². The summed E-state index contributed by atoms with van der Waals surface area (Å²) in [6, 6.07) is 5.96. The van der Waals surface area contributed by atoms with Crippen molar-refractivity contribution in [1.29, 1.82) is 0 Å². The van der Waals surface area contributed by atoms with E-state index in [1.165, 1.54) is 0 Å². The third kappa shape index (κ3) is 3.74. The number of nitrogens with two attached hydrogens (primary N) is 1. The van der Waals surface area contributed by atoms with E-state index in [0.717, 1.165) is 31.2 Å². The number of halogens is 1. The second-order valence-corrected chi connectivity index (χ2v) is 7.83. The number of nitrogens with zero attached hydrogens (tertiary/aromatic N) is 3. The quantitative estimate of drug-likeness (QED) is 0.868. The summed E-state index contributed by atoms with van der Waals surface area (Å²) < 4.78 is 5.82. The lowest BCUT2D eigenvalue weighted by Crippen LogP contribution is -2.48. The van der Waals surface area contributed by atoms with Gasteiger partial charge >= 0.3 is 0 Å². The maximum atomic E-state index is 12.8. The lowest BCUT2D eigenvalue weighted by molar-refractivity contribution is -0.139. The largest absolute Gasteiger partial charge is 0.423 e. The molecule has 1 aromatic heterocycles. The Bertz CT molecular complexity index is 860. The molecule has 2 amide bonds. The Morgan fingerprint density at radius 2 is 1.93 bits per heavy atom. The molecular formula is C19H23ClN4O3. The zero-order valence-corrected chi connectivity index (χ0v) is 15.8. The molecule has 1 unspecified atom stereocenters. The Morgan fingerprint density at radius 1 is 1.15 bits per heavy atom. The van der Waals surface area contributed by atoms with Gasteiger partial charge in [0.05, 0.1) is 5.92 Å². The minimum atomic E-state index is -0.307. The number of hydrogen-bond acceptors (Lipinski definition) is 5. The summed E-state index contributed by atoms with van der Waals surface area (Å²) in [7, 11) is 0. The van der Waals surface area contributed by atoms with Crippen molar-refractivity contribution in [2.75, 3.05) is 31.1 Å². The smallest absolute Gasteiger partial charge is 0.298 e. The summed E-state index contributed by atoms with van der Waals surface area (Å²) in [5.74, 6) is -0.399. The van der Waals surface area contributed by atoms with E-state index in [1.807, 2.05) is 11.0 Å². The number of carbonyl (C=O) groups is 2. The summed E-state index contributed by atoms with van der Waals surface area (Å²) in [4.78, 5) is 32.7. The van der Waals surface area contributed by atoms with Crippen molar-refractivity contribution >= 4 is 40.5 Å².